The molecule has 9 heteroatoms. The van der Waals surface area contributed by atoms with Crippen LogP contribution in [0, 0.1) is 14.9 Å². The second kappa shape index (κ2) is 12.1. The van der Waals surface area contributed by atoms with Gasteiger partial charge in [-0.15, -0.1) is 0 Å². The molecule has 0 aliphatic rings. The van der Waals surface area contributed by atoms with Crippen LogP contribution in [0.15, 0.2) is 48.2 Å². The van der Waals surface area contributed by atoms with Gasteiger partial charge in [-0.05, 0) is 71.3 Å². The molecule has 0 saturated carbocycles. The predicted molar refractivity (Wildman–Crippen MR) is 136 cm³/mol. The van der Waals surface area contributed by atoms with Crippen molar-refractivity contribution in [3.05, 3.63) is 62.9 Å². The zero-order valence-electron chi connectivity index (χ0n) is 18.8. The lowest BCUT2D eigenvalue weighted by Crippen LogP contribution is -2.26. The summed E-state index contributed by atoms with van der Waals surface area (Å²) in [6.07, 6.45) is 4.06. The molecule has 34 heavy (non-hydrogen) atoms. The summed E-state index contributed by atoms with van der Waals surface area (Å²) in [6.45, 7) is 2.32. The van der Waals surface area contributed by atoms with Crippen molar-refractivity contribution in [1.29, 1.82) is 5.26 Å². The molecule has 0 spiro atoms. The highest BCUT2D eigenvalue weighted by atomic mass is 127. The number of carbonyl (C=O) groups excluding carboxylic acids is 2. The maximum atomic E-state index is 12.6. The molecule has 8 nitrogen and oxygen atoms in total. The van der Waals surface area contributed by atoms with Gasteiger partial charge in [-0.1, -0.05) is 18.2 Å². The number of nitriles is 1. The molecule has 2 aromatic carbocycles. The number of aromatic nitrogens is 1. The molecular weight excluding hydrogens is 549 g/mol. The number of aromatic amines is 1. The predicted octanol–water partition coefficient (Wildman–Crippen LogP) is 3.99. The van der Waals surface area contributed by atoms with E-state index in [4.69, 9.17) is 9.47 Å². The lowest BCUT2D eigenvalue weighted by molar-refractivity contribution is -0.143. The van der Waals surface area contributed by atoms with Crippen LogP contribution in [0.1, 0.15) is 18.1 Å². The zero-order chi connectivity index (χ0) is 24.5. The van der Waals surface area contributed by atoms with Gasteiger partial charge in [-0.25, -0.2) is 4.79 Å². The highest BCUT2D eigenvalue weighted by Crippen LogP contribution is 2.35. The van der Waals surface area contributed by atoms with Gasteiger partial charge in [-0.3, -0.25) is 4.79 Å². The summed E-state index contributed by atoms with van der Waals surface area (Å²) >= 11 is 2.05. The first-order valence-corrected chi connectivity index (χ1v) is 11.7. The van der Waals surface area contributed by atoms with Crippen molar-refractivity contribution in [3.63, 3.8) is 0 Å². The van der Waals surface area contributed by atoms with Gasteiger partial charge < -0.3 is 24.5 Å². The van der Waals surface area contributed by atoms with Crippen molar-refractivity contribution in [1.82, 2.24) is 10.3 Å². The maximum absolute atomic E-state index is 12.6. The molecule has 3 rings (SSSR count). The zero-order valence-corrected chi connectivity index (χ0v) is 21.0. The van der Waals surface area contributed by atoms with Gasteiger partial charge in [0.15, 0.2) is 18.1 Å². The normalized spacial score (nSPS) is 11.1. The first-order chi connectivity index (χ1) is 16.5. The van der Waals surface area contributed by atoms with Crippen molar-refractivity contribution in [2.45, 2.75) is 13.3 Å². The average Bonchev–Trinajstić information content (AvgIpc) is 3.25. The van der Waals surface area contributed by atoms with Gasteiger partial charge in [0.1, 0.15) is 11.6 Å². The number of hydrogen-bond acceptors (Lipinski definition) is 6. The van der Waals surface area contributed by atoms with E-state index in [0.29, 0.717) is 40.2 Å². The first-order valence-electron chi connectivity index (χ1n) is 10.6. The van der Waals surface area contributed by atoms with Crippen molar-refractivity contribution < 1.29 is 23.8 Å². The number of ether oxygens (including phenoxy) is 3. The summed E-state index contributed by atoms with van der Waals surface area (Å²) in [5.41, 5.74) is 2.71. The monoisotopic (exact) mass is 573 g/mol. The maximum Gasteiger partial charge on any atom is 0.343 e. The number of hydrogen-bond donors (Lipinski definition) is 2. The van der Waals surface area contributed by atoms with Crippen molar-refractivity contribution in [2.75, 3.05) is 26.9 Å². The number of nitrogens with zero attached hydrogens (tertiary/aromatic N) is 1. The molecule has 2 N–H and O–H groups in total. The fourth-order valence-electron chi connectivity index (χ4n) is 3.32. The Morgan fingerprint density at radius 2 is 2.03 bits per heavy atom. The van der Waals surface area contributed by atoms with E-state index in [-0.39, 0.29) is 12.2 Å². The lowest BCUT2D eigenvalue weighted by Gasteiger charge is -2.14. The molecule has 1 heterocycles. The number of para-hydroxylation sites is 1. The molecule has 1 amide bonds. The molecule has 1 aromatic heterocycles. The molecule has 3 aromatic rings. The standard InChI is InChI=1S/C25H24IN3O5/c1-3-33-22-12-16(11-20(26)24(22)34-15-23(30)32-2)10-18(13-27)25(31)28-9-8-17-14-29-21-7-5-4-6-19(17)21/h4-7,10-12,14,29H,3,8-9,15H2,1-2H3,(H,28,31)/b18-10-. The largest absolute Gasteiger partial charge is 0.490 e. The highest BCUT2D eigenvalue weighted by Gasteiger charge is 2.15. The molecule has 0 aliphatic heterocycles. The Balaban J connectivity index is 1.72. The number of amides is 1. The second-order valence-electron chi connectivity index (χ2n) is 7.16. The summed E-state index contributed by atoms with van der Waals surface area (Å²) < 4.78 is 16.5. The molecule has 0 saturated heterocycles. The fourth-order valence-corrected chi connectivity index (χ4v) is 4.11. The van der Waals surface area contributed by atoms with E-state index in [2.05, 4.69) is 15.0 Å². The summed E-state index contributed by atoms with van der Waals surface area (Å²) in [5.74, 6) is -0.173. The summed E-state index contributed by atoms with van der Waals surface area (Å²) in [5, 5.41) is 13.5. The minimum atomic E-state index is -0.515. The first kappa shape index (κ1) is 25.1. The van der Waals surface area contributed by atoms with Gasteiger partial charge in [0, 0.05) is 23.6 Å². The Hall–Kier alpha value is -3.52. The van der Waals surface area contributed by atoms with E-state index in [1.807, 2.05) is 66.0 Å². The average molecular weight is 573 g/mol. The third-order valence-electron chi connectivity index (χ3n) is 4.92. The summed E-state index contributed by atoms with van der Waals surface area (Å²) in [6, 6.07) is 13.3. The van der Waals surface area contributed by atoms with Crippen LogP contribution in [0.5, 0.6) is 11.5 Å². The molecular formula is C25H24IN3O5. The van der Waals surface area contributed by atoms with E-state index in [0.717, 1.165) is 16.5 Å². The number of carbonyl (C=O) groups is 2. The Bertz CT molecular complexity index is 1260. The van der Waals surface area contributed by atoms with Crippen LogP contribution in [-0.2, 0) is 20.7 Å². The molecule has 0 unspecified atom stereocenters. The Kier molecular flexibility index (Phi) is 8.93. The molecule has 0 fully saturated rings. The van der Waals surface area contributed by atoms with Gasteiger partial charge in [0.05, 0.1) is 17.3 Å². The van der Waals surface area contributed by atoms with E-state index < -0.39 is 11.9 Å². The minimum absolute atomic E-state index is 0.0274. The minimum Gasteiger partial charge on any atom is -0.490 e. The number of fused-ring (bicyclic) bond motifs is 1. The lowest BCUT2D eigenvalue weighted by atomic mass is 10.1. The van der Waals surface area contributed by atoms with E-state index in [1.54, 1.807) is 12.1 Å². The van der Waals surface area contributed by atoms with Crippen LogP contribution >= 0.6 is 22.6 Å². The number of nitrogens with one attached hydrogen (secondary N) is 2. The number of halogens is 1. The van der Waals surface area contributed by atoms with Crippen molar-refractivity contribution in [2.24, 2.45) is 0 Å². The summed E-state index contributed by atoms with van der Waals surface area (Å²) in [4.78, 5) is 27.3. The number of methoxy groups -OCH3 is 1. The molecule has 0 radical (unpaired) electrons. The number of esters is 1. The third kappa shape index (κ3) is 6.29. The van der Waals surface area contributed by atoms with Gasteiger partial charge >= 0.3 is 5.97 Å². The topological polar surface area (TPSA) is 113 Å². The summed E-state index contributed by atoms with van der Waals surface area (Å²) in [7, 11) is 1.28. The van der Waals surface area contributed by atoms with Crippen LogP contribution < -0.4 is 14.8 Å². The Morgan fingerprint density at radius 3 is 2.76 bits per heavy atom. The van der Waals surface area contributed by atoms with E-state index in [9.17, 15) is 14.9 Å². The molecule has 0 aliphatic carbocycles. The molecule has 176 valence electrons. The van der Waals surface area contributed by atoms with Crippen LogP contribution in [-0.4, -0.2) is 43.7 Å². The Labute approximate surface area is 211 Å². The second-order valence-corrected chi connectivity index (χ2v) is 8.33. The number of rotatable bonds is 10. The van der Waals surface area contributed by atoms with Gasteiger partial charge in [-0.2, -0.15) is 5.26 Å². The van der Waals surface area contributed by atoms with Gasteiger partial charge in [0.2, 0.25) is 0 Å². The Morgan fingerprint density at radius 1 is 1.24 bits per heavy atom. The number of benzene rings is 2. The van der Waals surface area contributed by atoms with Crippen LogP contribution in [0.3, 0.4) is 0 Å². The van der Waals surface area contributed by atoms with Gasteiger partial charge in [0.25, 0.3) is 5.91 Å². The quantitative estimate of drug-likeness (QED) is 0.164. The molecule has 0 bridgehead atoms. The van der Waals surface area contributed by atoms with Crippen molar-refractivity contribution in [3.8, 4) is 17.6 Å². The van der Waals surface area contributed by atoms with E-state index >= 15 is 0 Å². The van der Waals surface area contributed by atoms with Crippen LogP contribution in [0.4, 0.5) is 0 Å². The molecule has 0 atom stereocenters. The number of H-pyrrole nitrogens is 1. The van der Waals surface area contributed by atoms with Crippen LogP contribution in [0.2, 0.25) is 0 Å². The highest BCUT2D eigenvalue weighted by molar-refractivity contribution is 14.1. The SMILES string of the molecule is CCOc1cc(/C=C(/C#N)C(=O)NCCc2c[nH]c3ccccc23)cc(I)c1OCC(=O)OC. The smallest absolute Gasteiger partial charge is 0.343 e. The van der Waals surface area contributed by atoms with Crippen molar-refractivity contribution >= 4 is 51.4 Å². The third-order valence-corrected chi connectivity index (χ3v) is 5.73. The van der Waals surface area contributed by atoms with E-state index in [1.165, 1.54) is 13.2 Å². The van der Waals surface area contributed by atoms with Crippen LogP contribution in [0.25, 0.3) is 17.0 Å². The fraction of sp³-hybridized carbons (Fsp3) is 0.240.